The van der Waals surface area contributed by atoms with Gasteiger partial charge in [0.15, 0.2) is 0 Å². The number of H-pyrrole nitrogens is 1. The molecule has 2 N–H and O–H groups in total. The Labute approximate surface area is 140 Å². The van der Waals surface area contributed by atoms with Crippen molar-refractivity contribution in [1.29, 1.82) is 0 Å². The highest BCUT2D eigenvalue weighted by atomic mass is 16.1. The second-order valence-electron chi connectivity index (χ2n) is 5.93. The van der Waals surface area contributed by atoms with Gasteiger partial charge in [-0.1, -0.05) is 12.1 Å². The smallest absolute Gasteiger partial charge is 0.228 e. The van der Waals surface area contributed by atoms with Crippen molar-refractivity contribution in [2.24, 2.45) is 0 Å². The Morgan fingerprint density at radius 1 is 1.29 bits per heavy atom. The van der Waals surface area contributed by atoms with Crippen molar-refractivity contribution in [3.8, 4) is 5.69 Å². The molecule has 1 unspecified atom stereocenters. The molecule has 124 valence electrons. The molecule has 1 amide bonds. The number of aromatic nitrogens is 4. The van der Waals surface area contributed by atoms with Crippen LogP contribution in [0.3, 0.4) is 0 Å². The minimum atomic E-state index is -0.0676. The molecule has 0 bridgehead atoms. The fourth-order valence-corrected chi connectivity index (χ4v) is 2.72. The number of amides is 1. The first-order valence-electron chi connectivity index (χ1n) is 7.94. The first kappa shape index (κ1) is 16.0. The van der Waals surface area contributed by atoms with E-state index in [1.807, 2.05) is 55.8 Å². The van der Waals surface area contributed by atoms with Gasteiger partial charge in [-0.15, -0.1) is 0 Å². The van der Waals surface area contributed by atoms with Gasteiger partial charge in [0, 0.05) is 18.1 Å². The molecule has 6 heteroatoms. The van der Waals surface area contributed by atoms with Gasteiger partial charge < -0.3 is 10.3 Å². The van der Waals surface area contributed by atoms with Gasteiger partial charge in [0.2, 0.25) is 5.91 Å². The number of hydrogen-bond donors (Lipinski definition) is 2. The van der Waals surface area contributed by atoms with Crippen LogP contribution >= 0.6 is 0 Å². The molecule has 0 aliphatic rings. The lowest BCUT2D eigenvalue weighted by atomic mass is 10.1. The lowest BCUT2D eigenvalue weighted by molar-refractivity contribution is -0.121. The Morgan fingerprint density at radius 2 is 2.04 bits per heavy atom. The topological polar surface area (TPSA) is 75.6 Å². The highest BCUT2D eigenvalue weighted by Crippen LogP contribution is 2.17. The quantitative estimate of drug-likeness (QED) is 0.758. The summed E-state index contributed by atoms with van der Waals surface area (Å²) in [4.78, 5) is 19.0. The Bertz CT molecular complexity index is 818. The van der Waals surface area contributed by atoms with Crippen molar-refractivity contribution in [2.45, 2.75) is 33.2 Å². The summed E-state index contributed by atoms with van der Waals surface area (Å²) in [5.74, 6) is 0.611. The summed E-state index contributed by atoms with van der Waals surface area (Å²) in [6.07, 6.45) is 3.61. The monoisotopic (exact) mass is 323 g/mol. The van der Waals surface area contributed by atoms with E-state index in [2.05, 4.69) is 20.4 Å². The summed E-state index contributed by atoms with van der Waals surface area (Å²) in [6, 6.07) is 10.0. The average molecular weight is 323 g/mol. The van der Waals surface area contributed by atoms with Crippen molar-refractivity contribution in [1.82, 2.24) is 25.1 Å². The van der Waals surface area contributed by atoms with Gasteiger partial charge in [-0.3, -0.25) is 4.79 Å². The zero-order valence-electron chi connectivity index (χ0n) is 14.1. The Hall–Kier alpha value is -2.89. The first-order chi connectivity index (χ1) is 11.5. The SMILES string of the molecule is Cc1cc(C)n(-c2ccc(C(C)NC(=O)Cc3ncc[nH]3)cc2)n1. The van der Waals surface area contributed by atoms with Gasteiger partial charge in [-0.2, -0.15) is 5.10 Å². The van der Waals surface area contributed by atoms with Gasteiger partial charge in [0.1, 0.15) is 5.82 Å². The van der Waals surface area contributed by atoms with Crippen LogP contribution in [0.15, 0.2) is 42.7 Å². The summed E-state index contributed by atoms with van der Waals surface area (Å²) >= 11 is 0. The van der Waals surface area contributed by atoms with E-state index in [4.69, 9.17) is 0 Å². The number of aryl methyl sites for hydroxylation is 2. The van der Waals surface area contributed by atoms with Crippen molar-refractivity contribution in [3.05, 3.63) is 65.5 Å². The molecule has 2 heterocycles. The second kappa shape index (κ2) is 6.70. The van der Waals surface area contributed by atoms with Gasteiger partial charge in [-0.25, -0.2) is 9.67 Å². The van der Waals surface area contributed by atoms with Crippen LogP contribution in [-0.4, -0.2) is 25.7 Å². The molecule has 0 saturated carbocycles. The number of carbonyl (C=O) groups is 1. The van der Waals surface area contributed by atoms with E-state index in [0.717, 1.165) is 22.6 Å². The minimum Gasteiger partial charge on any atom is -0.349 e. The van der Waals surface area contributed by atoms with Gasteiger partial charge in [0.05, 0.1) is 23.8 Å². The van der Waals surface area contributed by atoms with Gasteiger partial charge in [0.25, 0.3) is 0 Å². The van der Waals surface area contributed by atoms with E-state index < -0.39 is 0 Å². The lowest BCUT2D eigenvalue weighted by Crippen LogP contribution is -2.28. The number of rotatable bonds is 5. The lowest BCUT2D eigenvalue weighted by Gasteiger charge is -2.15. The van der Waals surface area contributed by atoms with Crippen LogP contribution in [0.25, 0.3) is 5.69 Å². The minimum absolute atomic E-state index is 0.0555. The van der Waals surface area contributed by atoms with Crippen molar-refractivity contribution >= 4 is 5.91 Å². The summed E-state index contributed by atoms with van der Waals surface area (Å²) in [5.41, 5.74) is 4.15. The summed E-state index contributed by atoms with van der Waals surface area (Å²) in [5, 5.41) is 7.47. The first-order valence-corrected chi connectivity index (χ1v) is 7.94. The molecular formula is C18H21N5O. The number of nitrogens with one attached hydrogen (secondary N) is 2. The van der Waals surface area contributed by atoms with Crippen LogP contribution < -0.4 is 5.32 Å². The summed E-state index contributed by atoms with van der Waals surface area (Å²) in [7, 11) is 0. The standard InChI is InChI=1S/C18H21N5O/c1-12-10-13(2)23(22-12)16-6-4-15(5-7-16)14(3)21-18(24)11-17-19-8-9-20-17/h4-10,14H,11H2,1-3H3,(H,19,20)(H,21,24). The molecule has 0 aliphatic carbocycles. The Morgan fingerprint density at radius 3 is 2.62 bits per heavy atom. The van der Waals surface area contributed by atoms with E-state index in [0.29, 0.717) is 5.82 Å². The third-order valence-corrected chi connectivity index (χ3v) is 3.91. The molecule has 1 atom stereocenters. The van der Waals surface area contributed by atoms with Crippen LogP contribution in [-0.2, 0) is 11.2 Å². The maximum absolute atomic E-state index is 12.0. The summed E-state index contributed by atoms with van der Waals surface area (Å²) in [6.45, 7) is 5.98. The van der Waals surface area contributed by atoms with Crippen molar-refractivity contribution in [3.63, 3.8) is 0 Å². The fraction of sp³-hybridized carbons (Fsp3) is 0.278. The van der Waals surface area contributed by atoms with Crippen LogP contribution in [0.5, 0.6) is 0 Å². The zero-order chi connectivity index (χ0) is 17.1. The third kappa shape index (κ3) is 3.53. The molecule has 0 aliphatic heterocycles. The van der Waals surface area contributed by atoms with Gasteiger partial charge >= 0.3 is 0 Å². The maximum Gasteiger partial charge on any atom is 0.228 e. The van der Waals surface area contributed by atoms with Crippen LogP contribution in [0, 0.1) is 13.8 Å². The van der Waals surface area contributed by atoms with Crippen molar-refractivity contribution in [2.75, 3.05) is 0 Å². The fourth-order valence-electron chi connectivity index (χ4n) is 2.72. The highest BCUT2D eigenvalue weighted by Gasteiger charge is 2.12. The maximum atomic E-state index is 12.0. The van der Waals surface area contributed by atoms with E-state index in [1.54, 1.807) is 12.4 Å². The highest BCUT2D eigenvalue weighted by molar-refractivity contribution is 5.78. The van der Waals surface area contributed by atoms with Crippen molar-refractivity contribution < 1.29 is 4.79 Å². The number of hydrogen-bond acceptors (Lipinski definition) is 3. The van der Waals surface area contributed by atoms with E-state index >= 15 is 0 Å². The Kier molecular flexibility index (Phi) is 4.46. The van der Waals surface area contributed by atoms with E-state index in [9.17, 15) is 4.79 Å². The average Bonchev–Trinajstić information content (AvgIpc) is 3.16. The molecule has 0 saturated heterocycles. The van der Waals surface area contributed by atoms with E-state index in [1.165, 1.54) is 0 Å². The molecular weight excluding hydrogens is 302 g/mol. The molecule has 3 rings (SSSR count). The number of aromatic amines is 1. The molecule has 0 spiro atoms. The molecule has 2 aromatic heterocycles. The van der Waals surface area contributed by atoms with Crippen LogP contribution in [0.1, 0.15) is 35.7 Å². The zero-order valence-corrected chi connectivity index (χ0v) is 14.1. The molecule has 0 radical (unpaired) electrons. The largest absolute Gasteiger partial charge is 0.349 e. The molecule has 24 heavy (non-hydrogen) atoms. The number of benzene rings is 1. The molecule has 6 nitrogen and oxygen atoms in total. The predicted octanol–water partition coefficient (Wildman–Crippen LogP) is 2.63. The number of carbonyl (C=O) groups excluding carboxylic acids is 1. The molecule has 1 aromatic carbocycles. The molecule has 0 fully saturated rings. The van der Waals surface area contributed by atoms with Crippen LogP contribution in [0.2, 0.25) is 0 Å². The summed E-state index contributed by atoms with van der Waals surface area (Å²) < 4.78 is 1.92. The number of imidazole rings is 1. The predicted molar refractivity (Wildman–Crippen MR) is 91.9 cm³/mol. The Balaban J connectivity index is 1.66. The molecule has 3 aromatic rings. The van der Waals surface area contributed by atoms with Crippen LogP contribution in [0.4, 0.5) is 0 Å². The van der Waals surface area contributed by atoms with Gasteiger partial charge in [-0.05, 0) is 44.5 Å². The number of nitrogens with zero attached hydrogens (tertiary/aromatic N) is 3. The normalized spacial score (nSPS) is 12.1. The van der Waals surface area contributed by atoms with E-state index in [-0.39, 0.29) is 18.4 Å². The second-order valence-corrected chi connectivity index (χ2v) is 5.93. The third-order valence-electron chi connectivity index (χ3n) is 3.91.